The predicted molar refractivity (Wildman–Crippen MR) is 86.1 cm³/mol. The van der Waals surface area contributed by atoms with Crippen LogP contribution in [0.1, 0.15) is 18.4 Å². The second kappa shape index (κ2) is 6.55. The van der Waals surface area contributed by atoms with Gasteiger partial charge in [0.1, 0.15) is 4.99 Å². The van der Waals surface area contributed by atoms with E-state index in [9.17, 15) is 0 Å². The normalized spacial score (nSPS) is 17.4. The number of likely N-dealkylation sites (tertiary alicyclic amines) is 1. The minimum Gasteiger partial charge on any atom is -0.389 e. The van der Waals surface area contributed by atoms with Gasteiger partial charge in [0.05, 0.1) is 10.6 Å². The highest BCUT2D eigenvalue weighted by Gasteiger charge is 2.17. The van der Waals surface area contributed by atoms with Crippen LogP contribution in [0, 0.1) is 5.92 Å². The summed E-state index contributed by atoms with van der Waals surface area (Å²) in [7, 11) is 2.17. The molecule has 3 N–H and O–H groups in total. The number of rotatable bonds is 4. The largest absolute Gasteiger partial charge is 0.389 e. The highest BCUT2D eigenvalue weighted by atomic mass is 35.5. The molecule has 1 fully saturated rings. The topological polar surface area (TPSA) is 41.3 Å². The number of hydrogen-bond donors (Lipinski definition) is 2. The van der Waals surface area contributed by atoms with Crippen molar-refractivity contribution < 1.29 is 0 Å². The average Bonchev–Trinajstić information content (AvgIpc) is 2.37. The van der Waals surface area contributed by atoms with E-state index in [0.717, 1.165) is 17.8 Å². The first kappa shape index (κ1) is 14.6. The third kappa shape index (κ3) is 3.81. The minimum absolute atomic E-state index is 0.344. The van der Waals surface area contributed by atoms with E-state index in [1.54, 1.807) is 0 Å². The van der Waals surface area contributed by atoms with Crippen LogP contribution in [0.3, 0.4) is 0 Å². The van der Waals surface area contributed by atoms with Gasteiger partial charge in [-0.25, -0.2) is 0 Å². The lowest BCUT2D eigenvalue weighted by Crippen LogP contribution is -2.33. The van der Waals surface area contributed by atoms with E-state index >= 15 is 0 Å². The van der Waals surface area contributed by atoms with Crippen molar-refractivity contribution in [2.45, 2.75) is 12.8 Å². The van der Waals surface area contributed by atoms with Crippen LogP contribution in [0.15, 0.2) is 18.2 Å². The summed E-state index contributed by atoms with van der Waals surface area (Å²) < 4.78 is 0. The van der Waals surface area contributed by atoms with Gasteiger partial charge in [-0.05, 0) is 51.0 Å². The van der Waals surface area contributed by atoms with Gasteiger partial charge >= 0.3 is 0 Å². The average molecular weight is 298 g/mol. The number of nitrogens with one attached hydrogen (secondary N) is 1. The van der Waals surface area contributed by atoms with Gasteiger partial charge in [0, 0.05) is 12.2 Å². The molecule has 5 heteroatoms. The van der Waals surface area contributed by atoms with Gasteiger partial charge in [-0.1, -0.05) is 29.9 Å². The zero-order chi connectivity index (χ0) is 13.8. The molecule has 0 bridgehead atoms. The molecule has 1 aliphatic heterocycles. The van der Waals surface area contributed by atoms with Crippen LogP contribution in [0.5, 0.6) is 0 Å². The maximum atomic E-state index is 6.15. The van der Waals surface area contributed by atoms with Crippen LogP contribution in [0.25, 0.3) is 0 Å². The second-order valence-electron chi connectivity index (χ2n) is 5.15. The lowest BCUT2D eigenvalue weighted by Gasteiger charge is -2.29. The van der Waals surface area contributed by atoms with Gasteiger partial charge in [0.2, 0.25) is 0 Å². The first-order valence-electron chi connectivity index (χ1n) is 6.58. The Morgan fingerprint density at radius 1 is 1.47 bits per heavy atom. The number of hydrogen-bond acceptors (Lipinski definition) is 3. The SMILES string of the molecule is CN1CCC(CNc2cccc(Cl)c2C(N)=S)CC1. The second-order valence-corrected chi connectivity index (χ2v) is 6.00. The summed E-state index contributed by atoms with van der Waals surface area (Å²) in [5.41, 5.74) is 7.44. The summed E-state index contributed by atoms with van der Waals surface area (Å²) >= 11 is 11.2. The van der Waals surface area contributed by atoms with Crippen LogP contribution in [0.4, 0.5) is 5.69 Å². The van der Waals surface area contributed by atoms with Gasteiger partial charge < -0.3 is 16.0 Å². The van der Waals surface area contributed by atoms with E-state index in [0.29, 0.717) is 15.9 Å². The molecule has 1 aliphatic rings. The molecule has 1 aromatic carbocycles. The molecular weight excluding hydrogens is 278 g/mol. The quantitative estimate of drug-likeness (QED) is 0.839. The fourth-order valence-electron chi connectivity index (χ4n) is 2.44. The molecule has 1 saturated heterocycles. The van der Waals surface area contributed by atoms with Crippen molar-refractivity contribution in [1.29, 1.82) is 0 Å². The van der Waals surface area contributed by atoms with Crippen LogP contribution in [-0.4, -0.2) is 36.6 Å². The van der Waals surface area contributed by atoms with E-state index in [4.69, 9.17) is 29.6 Å². The summed E-state index contributed by atoms with van der Waals surface area (Å²) in [4.78, 5) is 2.72. The highest BCUT2D eigenvalue weighted by Crippen LogP contribution is 2.25. The van der Waals surface area contributed by atoms with E-state index in [1.165, 1.54) is 25.9 Å². The Kier molecular flexibility index (Phi) is 5.02. The Bertz CT molecular complexity index is 456. The summed E-state index contributed by atoms with van der Waals surface area (Å²) in [5.74, 6) is 0.703. The van der Waals surface area contributed by atoms with Crippen molar-refractivity contribution in [2.24, 2.45) is 11.7 Å². The fourth-order valence-corrected chi connectivity index (χ4v) is 2.99. The van der Waals surface area contributed by atoms with Crippen molar-refractivity contribution >= 4 is 34.5 Å². The lowest BCUT2D eigenvalue weighted by molar-refractivity contribution is 0.226. The zero-order valence-corrected chi connectivity index (χ0v) is 12.7. The van der Waals surface area contributed by atoms with Gasteiger partial charge in [0.25, 0.3) is 0 Å². The number of piperidine rings is 1. The minimum atomic E-state index is 0.344. The van der Waals surface area contributed by atoms with Crippen LogP contribution in [0.2, 0.25) is 5.02 Å². The first-order chi connectivity index (χ1) is 9.08. The molecule has 0 radical (unpaired) electrons. The Hall–Kier alpha value is -0.840. The Morgan fingerprint density at radius 2 is 2.16 bits per heavy atom. The lowest BCUT2D eigenvalue weighted by atomic mass is 9.97. The number of anilines is 1. The number of thiocarbonyl (C=S) groups is 1. The molecule has 0 amide bonds. The summed E-state index contributed by atoms with van der Waals surface area (Å²) in [6.07, 6.45) is 2.46. The highest BCUT2D eigenvalue weighted by molar-refractivity contribution is 7.80. The molecule has 3 nitrogen and oxygen atoms in total. The van der Waals surface area contributed by atoms with Crippen molar-refractivity contribution in [3.63, 3.8) is 0 Å². The van der Waals surface area contributed by atoms with Crippen molar-refractivity contribution in [3.05, 3.63) is 28.8 Å². The van der Waals surface area contributed by atoms with Gasteiger partial charge in [-0.15, -0.1) is 0 Å². The smallest absolute Gasteiger partial charge is 0.107 e. The Balaban J connectivity index is 2.00. The molecular formula is C14H20ClN3S. The van der Waals surface area contributed by atoms with E-state index in [2.05, 4.69) is 17.3 Å². The number of benzene rings is 1. The maximum Gasteiger partial charge on any atom is 0.107 e. The third-order valence-electron chi connectivity index (χ3n) is 3.68. The van der Waals surface area contributed by atoms with E-state index in [1.807, 2.05) is 18.2 Å². The zero-order valence-electron chi connectivity index (χ0n) is 11.2. The van der Waals surface area contributed by atoms with Crippen molar-refractivity contribution in [1.82, 2.24) is 4.90 Å². The molecule has 0 saturated carbocycles. The first-order valence-corrected chi connectivity index (χ1v) is 7.37. The molecule has 104 valence electrons. The van der Waals surface area contributed by atoms with Crippen molar-refractivity contribution in [2.75, 3.05) is 32.0 Å². The summed E-state index contributed by atoms with van der Waals surface area (Å²) in [5, 5.41) is 4.06. The van der Waals surface area contributed by atoms with Crippen LogP contribution in [-0.2, 0) is 0 Å². The number of nitrogens with two attached hydrogens (primary N) is 1. The molecule has 19 heavy (non-hydrogen) atoms. The fraction of sp³-hybridized carbons (Fsp3) is 0.500. The van der Waals surface area contributed by atoms with E-state index in [-0.39, 0.29) is 0 Å². The van der Waals surface area contributed by atoms with Crippen LogP contribution >= 0.6 is 23.8 Å². The third-order valence-corrected chi connectivity index (χ3v) is 4.20. The molecule has 0 spiro atoms. The van der Waals surface area contributed by atoms with Gasteiger partial charge in [0.15, 0.2) is 0 Å². The maximum absolute atomic E-state index is 6.15. The molecule has 0 unspecified atom stereocenters. The monoisotopic (exact) mass is 297 g/mol. The summed E-state index contributed by atoms with van der Waals surface area (Å²) in [6, 6.07) is 5.72. The van der Waals surface area contributed by atoms with Gasteiger partial charge in [-0.2, -0.15) is 0 Å². The Labute approximate surface area is 125 Å². The molecule has 1 aromatic rings. The summed E-state index contributed by atoms with van der Waals surface area (Å²) in [6.45, 7) is 3.29. The number of halogens is 1. The predicted octanol–water partition coefficient (Wildman–Crippen LogP) is 2.73. The molecule has 0 aliphatic carbocycles. The van der Waals surface area contributed by atoms with E-state index < -0.39 is 0 Å². The molecule has 2 rings (SSSR count). The van der Waals surface area contributed by atoms with Crippen LogP contribution < -0.4 is 11.1 Å². The standard InChI is InChI=1S/C14H20ClN3S/c1-18-7-5-10(6-8-18)9-17-12-4-2-3-11(15)13(12)14(16)19/h2-4,10,17H,5-9H2,1H3,(H2,16,19). The molecule has 1 heterocycles. The van der Waals surface area contributed by atoms with Crippen molar-refractivity contribution in [3.8, 4) is 0 Å². The number of nitrogens with zero attached hydrogens (tertiary/aromatic N) is 1. The molecule has 0 aromatic heterocycles. The Morgan fingerprint density at radius 3 is 2.79 bits per heavy atom. The van der Waals surface area contributed by atoms with Gasteiger partial charge in [-0.3, -0.25) is 0 Å². The molecule has 0 atom stereocenters.